The summed E-state index contributed by atoms with van der Waals surface area (Å²) in [4.78, 5) is 0.555. The highest BCUT2D eigenvalue weighted by atomic mass is 32.2. The molecule has 12 heteroatoms. The zero-order chi connectivity index (χ0) is 22.2. The Hall–Kier alpha value is -2.62. The van der Waals surface area contributed by atoms with Crippen molar-refractivity contribution in [1.29, 1.82) is 5.26 Å². The second kappa shape index (κ2) is 7.90. The molecular formula is C18H16F3N3O4S2. The summed E-state index contributed by atoms with van der Waals surface area (Å²) in [6, 6.07) is 12.0. The molecule has 1 heterocycles. The van der Waals surface area contributed by atoms with Gasteiger partial charge in [-0.3, -0.25) is 0 Å². The van der Waals surface area contributed by atoms with Crippen molar-refractivity contribution in [2.24, 2.45) is 0 Å². The van der Waals surface area contributed by atoms with Crippen LogP contribution >= 0.6 is 0 Å². The number of nitrogens with zero attached hydrogens (tertiary/aromatic N) is 3. The molecule has 0 spiro atoms. The summed E-state index contributed by atoms with van der Waals surface area (Å²) in [5.74, 6) is 0. The zero-order valence-electron chi connectivity index (χ0n) is 15.4. The number of anilines is 1. The van der Waals surface area contributed by atoms with E-state index in [9.17, 15) is 30.0 Å². The summed E-state index contributed by atoms with van der Waals surface area (Å²) in [5.41, 5.74) is -5.25. The van der Waals surface area contributed by atoms with Crippen LogP contribution in [0, 0.1) is 11.3 Å². The maximum atomic E-state index is 13.0. The van der Waals surface area contributed by atoms with Gasteiger partial charge in [0.15, 0.2) is 0 Å². The van der Waals surface area contributed by atoms with Gasteiger partial charge >= 0.3 is 5.51 Å². The van der Waals surface area contributed by atoms with E-state index < -0.39 is 30.3 Å². The Morgan fingerprint density at radius 1 is 0.867 bits per heavy atom. The maximum Gasteiger partial charge on any atom is 0.501 e. The molecule has 160 valence electrons. The van der Waals surface area contributed by atoms with Gasteiger partial charge < -0.3 is 4.90 Å². The van der Waals surface area contributed by atoms with Gasteiger partial charge in [0.25, 0.3) is 9.84 Å². The number of piperazine rings is 1. The van der Waals surface area contributed by atoms with Crippen molar-refractivity contribution in [3.8, 4) is 6.07 Å². The number of para-hydroxylation sites is 1. The average Bonchev–Trinajstić information content (AvgIpc) is 2.73. The minimum absolute atomic E-state index is 0.00463. The topological polar surface area (TPSA) is 98.5 Å². The third-order valence-corrected chi connectivity index (χ3v) is 8.11. The molecular weight excluding hydrogens is 443 g/mol. The summed E-state index contributed by atoms with van der Waals surface area (Å²) in [6.07, 6.45) is 0. The third kappa shape index (κ3) is 4.00. The Morgan fingerprint density at radius 2 is 1.43 bits per heavy atom. The predicted molar refractivity (Wildman–Crippen MR) is 102 cm³/mol. The lowest BCUT2D eigenvalue weighted by atomic mass is 10.2. The first-order valence-corrected chi connectivity index (χ1v) is 11.6. The highest BCUT2D eigenvalue weighted by molar-refractivity contribution is 7.92. The smallest absolute Gasteiger partial charge is 0.368 e. The Bertz CT molecular complexity index is 1180. The number of sulfonamides is 1. The second-order valence-electron chi connectivity index (χ2n) is 6.44. The van der Waals surface area contributed by atoms with Crippen LogP contribution in [-0.4, -0.2) is 52.8 Å². The van der Waals surface area contributed by atoms with E-state index in [0.29, 0.717) is 5.56 Å². The Morgan fingerprint density at radius 3 is 1.97 bits per heavy atom. The fourth-order valence-electron chi connectivity index (χ4n) is 3.09. The second-order valence-corrected chi connectivity index (χ2v) is 10.3. The van der Waals surface area contributed by atoms with Gasteiger partial charge in [0.05, 0.1) is 27.1 Å². The first-order chi connectivity index (χ1) is 14.0. The third-order valence-electron chi connectivity index (χ3n) is 4.66. The van der Waals surface area contributed by atoms with Crippen molar-refractivity contribution in [3.05, 3.63) is 54.1 Å². The molecule has 0 unspecified atom stereocenters. The fourth-order valence-corrected chi connectivity index (χ4v) is 5.49. The van der Waals surface area contributed by atoms with E-state index in [2.05, 4.69) is 0 Å². The van der Waals surface area contributed by atoms with Crippen molar-refractivity contribution < 1.29 is 30.0 Å². The summed E-state index contributed by atoms with van der Waals surface area (Å²) < 4.78 is 89.5. The van der Waals surface area contributed by atoms with Crippen LogP contribution in [0.3, 0.4) is 0 Å². The standard InChI is InChI=1S/C18H16F3N3O4S2/c19-18(20,21)29(25,26)17-4-2-1-3-16(17)23-9-11-24(12-10-23)30(27,28)15-7-5-14(13-22)6-8-15/h1-8H,9-12H2. The SMILES string of the molecule is N#Cc1ccc(S(=O)(=O)N2CCN(c3ccccc3S(=O)(=O)C(F)(F)F)CC2)cc1. The number of benzene rings is 2. The lowest BCUT2D eigenvalue weighted by molar-refractivity contribution is -0.0435. The van der Waals surface area contributed by atoms with E-state index in [1.807, 2.05) is 6.07 Å². The Labute approximate surface area is 171 Å². The summed E-state index contributed by atoms with van der Waals surface area (Å²) in [6.45, 7) is -0.0503. The lowest BCUT2D eigenvalue weighted by Gasteiger charge is -2.36. The van der Waals surface area contributed by atoms with Gasteiger partial charge in [-0.05, 0) is 36.4 Å². The van der Waals surface area contributed by atoms with E-state index >= 15 is 0 Å². The van der Waals surface area contributed by atoms with Crippen LogP contribution in [0.15, 0.2) is 58.3 Å². The summed E-state index contributed by atoms with van der Waals surface area (Å²) in [7, 11) is -9.40. The lowest BCUT2D eigenvalue weighted by Crippen LogP contribution is -2.49. The van der Waals surface area contributed by atoms with E-state index in [1.54, 1.807) is 0 Å². The van der Waals surface area contributed by atoms with Crippen LogP contribution in [0.5, 0.6) is 0 Å². The minimum Gasteiger partial charge on any atom is -0.368 e. The van der Waals surface area contributed by atoms with Gasteiger partial charge in [-0.2, -0.15) is 22.7 Å². The molecule has 0 atom stereocenters. The van der Waals surface area contributed by atoms with Gasteiger partial charge in [-0.25, -0.2) is 16.8 Å². The number of halogens is 3. The minimum atomic E-state index is -5.55. The van der Waals surface area contributed by atoms with Crippen LogP contribution in [0.4, 0.5) is 18.9 Å². The van der Waals surface area contributed by atoms with E-state index in [0.717, 1.165) is 6.07 Å². The molecule has 3 rings (SSSR count). The molecule has 0 aliphatic carbocycles. The molecule has 0 N–H and O–H groups in total. The number of nitriles is 1. The molecule has 2 aromatic carbocycles. The number of rotatable bonds is 4. The molecule has 0 saturated carbocycles. The normalized spacial score (nSPS) is 16.3. The first kappa shape index (κ1) is 22.1. The molecule has 30 heavy (non-hydrogen) atoms. The summed E-state index contributed by atoms with van der Waals surface area (Å²) in [5, 5.41) is 8.82. The maximum absolute atomic E-state index is 13.0. The molecule has 1 aliphatic rings. The fraction of sp³-hybridized carbons (Fsp3) is 0.278. The number of hydrogen-bond donors (Lipinski definition) is 0. The Kier molecular flexibility index (Phi) is 5.81. The van der Waals surface area contributed by atoms with Crippen molar-refractivity contribution in [2.45, 2.75) is 15.3 Å². The van der Waals surface area contributed by atoms with Crippen molar-refractivity contribution in [3.63, 3.8) is 0 Å². The van der Waals surface area contributed by atoms with Gasteiger partial charge in [0, 0.05) is 26.2 Å². The zero-order valence-corrected chi connectivity index (χ0v) is 17.0. The van der Waals surface area contributed by atoms with E-state index in [-0.39, 0.29) is 36.8 Å². The Balaban J connectivity index is 1.82. The van der Waals surface area contributed by atoms with Crippen LogP contribution in [-0.2, 0) is 19.9 Å². The highest BCUT2D eigenvalue weighted by Crippen LogP contribution is 2.36. The van der Waals surface area contributed by atoms with Crippen LogP contribution in [0.25, 0.3) is 0 Å². The van der Waals surface area contributed by atoms with Gasteiger partial charge in [0.1, 0.15) is 0 Å². The molecule has 0 bridgehead atoms. The largest absolute Gasteiger partial charge is 0.501 e. The molecule has 1 fully saturated rings. The van der Waals surface area contributed by atoms with E-state index in [1.165, 1.54) is 51.7 Å². The van der Waals surface area contributed by atoms with Crippen LogP contribution < -0.4 is 4.90 Å². The first-order valence-electron chi connectivity index (χ1n) is 8.64. The van der Waals surface area contributed by atoms with Crippen molar-refractivity contribution >= 4 is 25.5 Å². The molecule has 1 saturated heterocycles. The molecule has 7 nitrogen and oxygen atoms in total. The van der Waals surface area contributed by atoms with Crippen molar-refractivity contribution in [2.75, 3.05) is 31.1 Å². The van der Waals surface area contributed by atoms with Gasteiger partial charge in [-0.15, -0.1) is 0 Å². The molecule has 0 radical (unpaired) electrons. The monoisotopic (exact) mass is 459 g/mol. The average molecular weight is 459 g/mol. The molecule has 1 aliphatic heterocycles. The summed E-state index contributed by atoms with van der Waals surface area (Å²) >= 11 is 0. The van der Waals surface area contributed by atoms with Crippen LogP contribution in [0.2, 0.25) is 0 Å². The van der Waals surface area contributed by atoms with Gasteiger partial charge in [-0.1, -0.05) is 12.1 Å². The van der Waals surface area contributed by atoms with Gasteiger partial charge in [0.2, 0.25) is 10.0 Å². The van der Waals surface area contributed by atoms with Crippen LogP contribution in [0.1, 0.15) is 5.56 Å². The number of sulfone groups is 1. The quantitative estimate of drug-likeness (QED) is 0.696. The predicted octanol–water partition coefficient (Wildman–Crippen LogP) is 2.36. The van der Waals surface area contributed by atoms with E-state index in [4.69, 9.17) is 5.26 Å². The molecule has 2 aromatic rings. The number of alkyl halides is 3. The number of hydrogen-bond acceptors (Lipinski definition) is 6. The van der Waals surface area contributed by atoms with Crippen molar-refractivity contribution in [1.82, 2.24) is 4.31 Å². The molecule has 0 aromatic heterocycles. The molecule has 0 amide bonds. The highest BCUT2D eigenvalue weighted by Gasteiger charge is 2.48.